The van der Waals surface area contributed by atoms with Crippen LogP contribution in [-0.4, -0.2) is 71.0 Å². The Morgan fingerprint density at radius 3 is 2.64 bits per heavy atom. The Hall–Kier alpha value is -3.75. The van der Waals surface area contributed by atoms with Crippen LogP contribution in [0.2, 0.25) is 0 Å². The molecule has 200 valence electrons. The minimum Gasteiger partial charge on any atom is -0.477 e. The summed E-state index contributed by atoms with van der Waals surface area (Å²) in [6.45, 7) is 1.78. The molecule has 39 heavy (non-hydrogen) atoms. The quantitative estimate of drug-likeness (QED) is 0.217. The number of benzene rings is 1. The third-order valence-electron chi connectivity index (χ3n) is 5.87. The fourth-order valence-electron chi connectivity index (χ4n) is 4.06. The van der Waals surface area contributed by atoms with E-state index in [9.17, 15) is 24.3 Å². The number of esters is 1. The first-order valence-corrected chi connectivity index (χ1v) is 14.4. The predicted molar refractivity (Wildman–Crippen MR) is 144 cm³/mol. The zero-order chi connectivity index (χ0) is 27.5. The molecule has 1 fully saturated rings. The molecule has 14 heteroatoms. The van der Waals surface area contributed by atoms with Crippen LogP contribution in [0, 0.1) is 6.92 Å². The van der Waals surface area contributed by atoms with Crippen LogP contribution < -0.4 is 5.32 Å². The normalized spacial score (nSPS) is 19.1. The van der Waals surface area contributed by atoms with E-state index in [1.807, 2.05) is 0 Å². The number of β-lactam (4-membered cyclic amide) rings is 1. The number of nitrogens with zero attached hydrogens (tertiary/aromatic N) is 4. The smallest absolute Gasteiger partial charge is 0.358 e. The highest BCUT2D eigenvalue weighted by atomic mass is 32.2. The lowest BCUT2D eigenvalue weighted by molar-refractivity contribution is -0.151. The molecular weight excluding hydrogens is 563 g/mol. The van der Waals surface area contributed by atoms with Gasteiger partial charge in [-0.25, -0.2) is 19.6 Å². The van der Waals surface area contributed by atoms with Crippen molar-refractivity contribution in [1.82, 2.24) is 24.6 Å². The van der Waals surface area contributed by atoms with Gasteiger partial charge < -0.3 is 15.2 Å². The van der Waals surface area contributed by atoms with Gasteiger partial charge in [0.05, 0.1) is 0 Å². The monoisotopic (exact) mass is 583 g/mol. The highest BCUT2D eigenvalue weighted by molar-refractivity contribution is 8.01. The van der Waals surface area contributed by atoms with Gasteiger partial charge in [0, 0.05) is 23.3 Å². The van der Waals surface area contributed by atoms with Crippen LogP contribution in [-0.2, 0) is 19.1 Å². The Morgan fingerprint density at radius 1 is 1.21 bits per heavy atom. The van der Waals surface area contributed by atoms with Gasteiger partial charge in [0.25, 0.3) is 11.8 Å². The van der Waals surface area contributed by atoms with E-state index in [0.717, 1.165) is 0 Å². The van der Waals surface area contributed by atoms with Gasteiger partial charge >= 0.3 is 11.9 Å². The topological polar surface area (TPSA) is 152 Å². The number of aromatic nitrogens is 3. The number of carbonyl (C=O) groups is 4. The van der Waals surface area contributed by atoms with Crippen molar-refractivity contribution < 1.29 is 29.0 Å². The maximum atomic E-state index is 13.3. The number of carboxylic acid groups (broad SMARTS) is 1. The van der Waals surface area contributed by atoms with Gasteiger partial charge in [0.1, 0.15) is 28.6 Å². The fourth-order valence-corrected chi connectivity index (χ4v) is 7.19. The lowest BCUT2D eigenvalue weighted by Crippen LogP contribution is -2.71. The number of carboxylic acids is 1. The Labute approximate surface area is 235 Å². The van der Waals surface area contributed by atoms with Crippen LogP contribution >= 0.6 is 35.1 Å². The number of amides is 2. The number of nitrogens with one attached hydrogen (secondary N) is 1. The van der Waals surface area contributed by atoms with Gasteiger partial charge in [-0.3, -0.25) is 14.5 Å². The first kappa shape index (κ1) is 26.8. The van der Waals surface area contributed by atoms with Gasteiger partial charge in [-0.1, -0.05) is 48.2 Å². The van der Waals surface area contributed by atoms with E-state index in [1.165, 1.54) is 52.2 Å². The van der Waals surface area contributed by atoms with Crippen molar-refractivity contribution >= 4 is 58.8 Å². The van der Waals surface area contributed by atoms with Crippen molar-refractivity contribution in [3.8, 4) is 0 Å². The summed E-state index contributed by atoms with van der Waals surface area (Å²) in [6, 6.07) is 12.2. The molecule has 2 aromatic heterocycles. The summed E-state index contributed by atoms with van der Waals surface area (Å²) in [6.07, 6.45) is 0.0960. The number of hydrogen-bond donors (Lipinski definition) is 2. The van der Waals surface area contributed by atoms with Crippen LogP contribution in [0.1, 0.15) is 28.0 Å². The molecule has 3 aromatic rings. The lowest BCUT2D eigenvalue weighted by Gasteiger charge is -2.49. The van der Waals surface area contributed by atoms with Crippen LogP contribution in [0.25, 0.3) is 0 Å². The molecule has 0 spiro atoms. The van der Waals surface area contributed by atoms with E-state index in [1.54, 1.807) is 49.4 Å². The maximum Gasteiger partial charge on any atom is 0.358 e. The largest absolute Gasteiger partial charge is 0.477 e. The zero-order valence-corrected chi connectivity index (χ0v) is 22.8. The van der Waals surface area contributed by atoms with E-state index >= 15 is 0 Å². The summed E-state index contributed by atoms with van der Waals surface area (Å²) < 4.78 is 10.4. The average molecular weight is 584 g/mol. The van der Waals surface area contributed by atoms with Crippen molar-refractivity contribution in [2.45, 2.75) is 28.8 Å². The number of thioether (sulfide) groups is 2. The van der Waals surface area contributed by atoms with Gasteiger partial charge in [-0.2, -0.15) is 4.37 Å². The second-order valence-corrected chi connectivity index (χ2v) is 11.5. The molecule has 2 amide bonds. The molecule has 2 unspecified atom stereocenters. The van der Waals surface area contributed by atoms with Gasteiger partial charge in [-0.05, 0) is 36.2 Å². The second kappa shape index (κ2) is 11.6. The molecular formula is C25H21N5O6S3. The minimum atomic E-state index is -1.34. The summed E-state index contributed by atoms with van der Waals surface area (Å²) in [5, 5.41) is 12.0. The van der Waals surface area contributed by atoms with Crippen molar-refractivity contribution in [3.63, 3.8) is 0 Å². The van der Waals surface area contributed by atoms with E-state index in [-0.39, 0.29) is 11.4 Å². The predicted octanol–water partition coefficient (Wildman–Crippen LogP) is 2.67. The number of hydrogen-bond acceptors (Lipinski definition) is 11. The van der Waals surface area contributed by atoms with Crippen molar-refractivity contribution in [1.29, 1.82) is 0 Å². The van der Waals surface area contributed by atoms with Crippen molar-refractivity contribution in [3.05, 3.63) is 83.1 Å². The molecule has 3 atom stereocenters. The third-order valence-corrected chi connectivity index (χ3v) is 9.22. The number of aliphatic carboxylic acids is 1. The number of pyridine rings is 1. The molecule has 5 rings (SSSR count). The third kappa shape index (κ3) is 5.67. The molecule has 4 heterocycles. The van der Waals surface area contributed by atoms with E-state index in [4.69, 9.17) is 4.74 Å². The summed E-state index contributed by atoms with van der Waals surface area (Å²) in [5.74, 6) is -1.90. The van der Waals surface area contributed by atoms with Gasteiger partial charge in [0.15, 0.2) is 4.34 Å². The molecule has 2 aliphatic heterocycles. The summed E-state index contributed by atoms with van der Waals surface area (Å²) in [5.41, 5.74) is 0.956. The Morgan fingerprint density at radius 2 is 1.97 bits per heavy atom. The van der Waals surface area contributed by atoms with E-state index in [2.05, 4.69) is 19.7 Å². The number of fused-ring (bicyclic) bond motifs is 1. The highest BCUT2D eigenvalue weighted by Gasteiger charge is 2.54. The van der Waals surface area contributed by atoms with Crippen molar-refractivity contribution in [2.75, 3.05) is 11.5 Å². The van der Waals surface area contributed by atoms with Crippen LogP contribution in [0.4, 0.5) is 0 Å². The average Bonchev–Trinajstić information content (AvgIpc) is 3.38. The van der Waals surface area contributed by atoms with Gasteiger partial charge in [-0.15, -0.1) is 11.8 Å². The van der Waals surface area contributed by atoms with Crippen LogP contribution in [0.15, 0.2) is 70.3 Å². The zero-order valence-electron chi connectivity index (χ0n) is 20.3. The molecule has 11 nitrogen and oxygen atoms in total. The number of ether oxygens (including phenoxy) is 1. The first-order valence-electron chi connectivity index (χ1n) is 11.6. The SMILES string of the molecule is Cc1nsc(SCC2=C(C(=O)O)N3C(=O)C(NC(=O)C(OC(=O)c4ccccn4)c4ccccc4)[C@H]3SC2)n1. The fraction of sp³-hybridized carbons (Fsp3) is 0.240. The number of carbonyl (C=O) groups excluding carboxylic acids is 3. The maximum absolute atomic E-state index is 13.3. The summed E-state index contributed by atoms with van der Waals surface area (Å²) in [7, 11) is 0. The molecule has 1 aromatic carbocycles. The van der Waals surface area contributed by atoms with Crippen LogP contribution in [0.3, 0.4) is 0 Å². The minimum absolute atomic E-state index is 0.0327. The molecule has 2 N–H and O–H groups in total. The molecule has 1 saturated heterocycles. The van der Waals surface area contributed by atoms with E-state index in [0.29, 0.717) is 32.8 Å². The van der Waals surface area contributed by atoms with Gasteiger partial charge in [0.2, 0.25) is 6.10 Å². The first-order chi connectivity index (χ1) is 18.8. The Bertz CT molecular complexity index is 1450. The highest BCUT2D eigenvalue weighted by Crippen LogP contribution is 2.42. The molecule has 0 bridgehead atoms. The number of aryl methyl sites for hydroxylation is 1. The molecule has 0 saturated carbocycles. The second-order valence-electron chi connectivity index (χ2n) is 8.46. The molecule has 0 aliphatic carbocycles. The molecule has 0 radical (unpaired) electrons. The summed E-state index contributed by atoms with van der Waals surface area (Å²) in [4.78, 5) is 60.8. The molecule has 2 aliphatic rings. The lowest BCUT2D eigenvalue weighted by atomic mass is 10.0. The Balaban J connectivity index is 1.31. The standard InChI is InChI=1S/C25H21N5O6S3/c1-13-27-25(39-29-13)38-12-15-11-37-22-17(21(32)30(22)18(15)23(33)34)28-20(31)19(14-7-3-2-4-8-14)36-24(35)16-9-5-6-10-26-16/h2-10,17,19,22H,11-12H2,1H3,(H,28,31)(H,33,34)/t17?,19?,22-/m1/s1. The Kier molecular flexibility index (Phi) is 7.95. The number of rotatable bonds is 9. The van der Waals surface area contributed by atoms with Crippen LogP contribution in [0.5, 0.6) is 0 Å². The van der Waals surface area contributed by atoms with E-state index < -0.39 is 41.3 Å². The summed E-state index contributed by atoms with van der Waals surface area (Å²) >= 11 is 3.96. The van der Waals surface area contributed by atoms with Crippen molar-refractivity contribution in [2.24, 2.45) is 0 Å².